The molecule has 2 rings (SSSR count). The SMILES string of the molecule is COc1cc(C=O)ccc1Oc1c(OC)cc(C=O)cc1OC. The summed E-state index contributed by atoms with van der Waals surface area (Å²) in [5, 5.41) is 0. The molecule has 0 saturated heterocycles. The summed E-state index contributed by atoms with van der Waals surface area (Å²) in [4.78, 5) is 21.8. The molecule has 0 aromatic heterocycles. The summed E-state index contributed by atoms with van der Waals surface area (Å²) < 4.78 is 21.6. The normalized spacial score (nSPS) is 9.87. The zero-order valence-corrected chi connectivity index (χ0v) is 13.0. The number of benzene rings is 2. The van der Waals surface area contributed by atoms with Crippen LogP contribution in [-0.2, 0) is 0 Å². The maximum atomic E-state index is 11.0. The zero-order valence-electron chi connectivity index (χ0n) is 13.0. The highest BCUT2D eigenvalue weighted by molar-refractivity contribution is 5.79. The van der Waals surface area contributed by atoms with E-state index in [-0.39, 0.29) is 0 Å². The minimum absolute atomic E-state index is 0.303. The van der Waals surface area contributed by atoms with Crippen molar-refractivity contribution in [3.05, 3.63) is 41.5 Å². The van der Waals surface area contributed by atoms with Crippen LogP contribution in [-0.4, -0.2) is 33.9 Å². The molecule has 0 amide bonds. The first-order valence-corrected chi connectivity index (χ1v) is 6.69. The second-order valence-electron chi connectivity index (χ2n) is 4.50. The number of methoxy groups -OCH3 is 3. The molecule has 120 valence electrons. The van der Waals surface area contributed by atoms with E-state index in [0.717, 1.165) is 0 Å². The highest BCUT2D eigenvalue weighted by Crippen LogP contribution is 2.43. The first-order chi connectivity index (χ1) is 11.2. The fourth-order valence-corrected chi connectivity index (χ4v) is 2.02. The zero-order chi connectivity index (χ0) is 16.8. The lowest BCUT2D eigenvalue weighted by Crippen LogP contribution is -1.98. The molecule has 0 unspecified atom stereocenters. The van der Waals surface area contributed by atoms with Crippen molar-refractivity contribution in [1.82, 2.24) is 0 Å². The lowest BCUT2D eigenvalue weighted by atomic mass is 10.2. The lowest BCUT2D eigenvalue weighted by molar-refractivity contribution is 0.111. The maximum Gasteiger partial charge on any atom is 0.211 e. The summed E-state index contributed by atoms with van der Waals surface area (Å²) in [5.41, 5.74) is 0.860. The molecule has 0 atom stereocenters. The Morgan fingerprint density at radius 1 is 0.696 bits per heavy atom. The molecule has 2 aromatic carbocycles. The number of carbonyl (C=O) groups is 2. The second-order valence-corrected chi connectivity index (χ2v) is 4.50. The Kier molecular flexibility index (Phi) is 5.19. The van der Waals surface area contributed by atoms with Crippen molar-refractivity contribution in [3.8, 4) is 28.7 Å². The van der Waals surface area contributed by atoms with Crippen LogP contribution in [0.25, 0.3) is 0 Å². The van der Waals surface area contributed by atoms with Crippen molar-refractivity contribution in [2.45, 2.75) is 0 Å². The number of rotatable bonds is 7. The monoisotopic (exact) mass is 316 g/mol. The molecule has 0 saturated carbocycles. The van der Waals surface area contributed by atoms with Gasteiger partial charge in [0.1, 0.15) is 12.6 Å². The summed E-state index contributed by atoms with van der Waals surface area (Å²) in [6, 6.07) is 7.84. The predicted molar refractivity (Wildman–Crippen MR) is 83.4 cm³/mol. The van der Waals surface area contributed by atoms with Crippen molar-refractivity contribution in [2.24, 2.45) is 0 Å². The van der Waals surface area contributed by atoms with Crippen molar-refractivity contribution in [1.29, 1.82) is 0 Å². The summed E-state index contributed by atoms with van der Waals surface area (Å²) >= 11 is 0. The van der Waals surface area contributed by atoms with E-state index in [4.69, 9.17) is 18.9 Å². The van der Waals surface area contributed by atoms with Crippen LogP contribution >= 0.6 is 0 Å². The summed E-state index contributed by atoms with van der Waals surface area (Å²) in [7, 11) is 4.40. The number of aldehydes is 2. The minimum atomic E-state index is 0.303. The third-order valence-electron chi connectivity index (χ3n) is 3.15. The smallest absolute Gasteiger partial charge is 0.211 e. The molecule has 0 aliphatic rings. The minimum Gasteiger partial charge on any atom is -0.493 e. The van der Waals surface area contributed by atoms with Crippen LogP contribution in [0.5, 0.6) is 28.7 Å². The Labute approximate surface area is 133 Å². The Morgan fingerprint density at radius 2 is 1.22 bits per heavy atom. The Morgan fingerprint density at radius 3 is 1.70 bits per heavy atom. The largest absolute Gasteiger partial charge is 0.493 e. The summed E-state index contributed by atoms with van der Waals surface area (Å²) in [6.07, 6.45) is 1.40. The second kappa shape index (κ2) is 7.31. The molecular weight excluding hydrogens is 300 g/mol. The standard InChI is InChI=1S/C17H16O6/c1-20-14-6-11(9-18)4-5-13(14)23-17-15(21-2)7-12(10-19)8-16(17)22-3/h4-10H,1-3H3. The highest BCUT2D eigenvalue weighted by Gasteiger charge is 2.17. The van der Waals surface area contributed by atoms with E-state index in [1.165, 1.54) is 33.5 Å². The Balaban J connectivity index is 2.51. The van der Waals surface area contributed by atoms with Gasteiger partial charge in [0.25, 0.3) is 0 Å². The van der Waals surface area contributed by atoms with E-state index < -0.39 is 0 Å². The van der Waals surface area contributed by atoms with Crippen molar-refractivity contribution >= 4 is 12.6 Å². The van der Waals surface area contributed by atoms with Crippen LogP contribution in [0.3, 0.4) is 0 Å². The number of hydrogen-bond acceptors (Lipinski definition) is 6. The van der Waals surface area contributed by atoms with Crippen LogP contribution in [0, 0.1) is 0 Å². The predicted octanol–water partition coefficient (Wildman–Crippen LogP) is 3.13. The van der Waals surface area contributed by atoms with Gasteiger partial charge < -0.3 is 18.9 Å². The van der Waals surface area contributed by atoms with Gasteiger partial charge in [0.2, 0.25) is 5.75 Å². The molecule has 0 bridgehead atoms. The van der Waals surface area contributed by atoms with E-state index in [2.05, 4.69) is 0 Å². The topological polar surface area (TPSA) is 71.1 Å². The fourth-order valence-electron chi connectivity index (χ4n) is 2.02. The molecule has 6 nitrogen and oxygen atoms in total. The lowest BCUT2D eigenvalue weighted by Gasteiger charge is -2.16. The molecule has 0 spiro atoms. The third kappa shape index (κ3) is 3.42. The molecule has 0 N–H and O–H groups in total. The highest BCUT2D eigenvalue weighted by atomic mass is 16.5. The Bertz CT molecular complexity index is 698. The van der Waals surface area contributed by atoms with Gasteiger partial charge in [0.15, 0.2) is 23.0 Å². The van der Waals surface area contributed by atoms with Gasteiger partial charge in [-0.1, -0.05) is 0 Å². The van der Waals surface area contributed by atoms with Gasteiger partial charge in [0.05, 0.1) is 21.3 Å². The van der Waals surface area contributed by atoms with Crippen LogP contribution in [0.2, 0.25) is 0 Å². The molecule has 0 aliphatic carbocycles. The fraction of sp³-hybridized carbons (Fsp3) is 0.176. The molecule has 2 aromatic rings. The number of carbonyl (C=O) groups excluding carboxylic acids is 2. The van der Waals surface area contributed by atoms with Gasteiger partial charge >= 0.3 is 0 Å². The quantitative estimate of drug-likeness (QED) is 0.731. The third-order valence-corrected chi connectivity index (χ3v) is 3.15. The molecule has 0 fully saturated rings. The number of hydrogen-bond donors (Lipinski definition) is 0. The van der Waals surface area contributed by atoms with Crippen molar-refractivity contribution in [2.75, 3.05) is 21.3 Å². The maximum absolute atomic E-state index is 11.0. The summed E-state index contributed by atoms with van der Waals surface area (Å²) in [5.74, 6) is 1.76. The van der Waals surface area contributed by atoms with Gasteiger partial charge in [-0.15, -0.1) is 0 Å². The van der Waals surface area contributed by atoms with Gasteiger partial charge in [0, 0.05) is 11.1 Å². The molecular formula is C17H16O6. The van der Waals surface area contributed by atoms with Gasteiger partial charge in [-0.3, -0.25) is 9.59 Å². The van der Waals surface area contributed by atoms with E-state index in [1.807, 2.05) is 0 Å². The van der Waals surface area contributed by atoms with E-state index in [1.54, 1.807) is 18.2 Å². The van der Waals surface area contributed by atoms with E-state index in [9.17, 15) is 9.59 Å². The molecule has 0 heterocycles. The average molecular weight is 316 g/mol. The van der Waals surface area contributed by atoms with Gasteiger partial charge in [-0.05, 0) is 30.3 Å². The summed E-state index contributed by atoms with van der Waals surface area (Å²) in [6.45, 7) is 0. The number of ether oxygens (including phenoxy) is 4. The van der Waals surface area contributed by atoms with Crippen LogP contribution < -0.4 is 18.9 Å². The van der Waals surface area contributed by atoms with Gasteiger partial charge in [-0.2, -0.15) is 0 Å². The van der Waals surface area contributed by atoms with E-state index >= 15 is 0 Å². The van der Waals surface area contributed by atoms with Crippen LogP contribution in [0.15, 0.2) is 30.3 Å². The van der Waals surface area contributed by atoms with Crippen LogP contribution in [0.4, 0.5) is 0 Å². The van der Waals surface area contributed by atoms with Crippen molar-refractivity contribution in [3.63, 3.8) is 0 Å². The van der Waals surface area contributed by atoms with Crippen molar-refractivity contribution < 1.29 is 28.5 Å². The molecule has 0 radical (unpaired) electrons. The van der Waals surface area contributed by atoms with E-state index in [0.29, 0.717) is 52.4 Å². The Hall–Kier alpha value is -3.02. The van der Waals surface area contributed by atoms with Gasteiger partial charge in [-0.25, -0.2) is 0 Å². The van der Waals surface area contributed by atoms with Crippen LogP contribution in [0.1, 0.15) is 20.7 Å². The molecule has 6 heteroatoms. The first kappa shape index (κ1) is 16.4. The first-order valence-electron chi connectivity index (χ1n) is 6.69. The molecule has 23 heavy (non-hydrogen) atoms. The molecule has 0 aliphatic heterocycles. The average Bonchev–Trinajstić information content (AvgIpc) is 2.61.